The number of hydrogen-bond acceptors (Lipinski definition) is 5. The van der Waals surface area contributed by atoms with E-state index in [9.17, 15) is 15.2 Å². The molecule has 1 heterocycles. The van der Waals surface area contributed by atoms with Crippen molar-refractivity contribution in [2.75, 3.05) is 25.0 Å². The molecule has 1 aliphatic heterocycles. The molecule has 0 spiro atoms. The zero-order valence-electron chi connectivity index (χ0n) is 22.3. The Labute approximate surface area is 249 Å². The number of benzene rings is 4. The molecule has 208 valence electrons. The summed E-state index contributed by atoms with van der Waals surface area (Å²) in [6.07, 6.45) is 1.40. The number of piperidine rings is 1. The van der Waals surface area contributed by atoms with Gasteiger partial charge in [0, 0.05) is 35.4 Å². The molecule has 4 aromatic carbocycles. The fourth-order valence-electron chi connectivity index (χ4n) is 5.21. The summed E-state index contributed by atoms with van der Waals surface area (Å²) in [5.74, 6) is -0.0416. The average Bonchev–Trinajstić information content (AvgIpc) is 2.98. The van der Waals surface area contributed by atoms with Gasteiger partial charge in [-0.15, -0.1) is 0 Å². The van der Waals surface area contributed by atoms with Gasteiger partial charge in [0.2, 0.25) is 5.91 Å². The number of nitriles is 1. The molecular formula is C33H29Cl2N3O3. The summed E-state index contributed by atoms with van der Waals surface area (Å²) in [5.41, 5.74) is 4.56. The number of nitrogens with zero attached hydrogens (tertiary/aromatic N) is 2. The molecule has 0 atom stereocenters. The van der Waals surface area contributed by atoms with Crippen LogP contribution in [0.2, 0.25) is 10.0 Å². The number of phenols is 1. The van der Waals surface area contributed by atoms with Crippen molar-refractivity contribution in [1.82, 2.24) is 4.90 Å². The van der Waals surface area contributed by atoms with Crippen LogP contribution in [0, 0.1) is 11.3 Å². The molecule has 8 heteroatoms. The maximum absolute atomic E-state index is 12.9. The van der Waals surface area contributed by atoms with E-state index in [4.69, 9.17) is 27.9 Å². The largest absolute Gasteiger partial charge is 0.508 e. The number of nitrogens with one attached hydrogen (secondary N) is 1. The zero-order valence-corrected chi connectivity index (χ0v) is 23.8. The maximum Gasteiger partial charge on any atom is 0.250 e. The number of carbonyl (C=O) groups excluding carboxylic acids is 1. The van der Waals surface area contributed by atoms with Gasteiger partial charge in [0.25, 0.3) is 0 Å². The summed E-state index contributed by atoms with van der Waals surface area (Å²) >= 11 is 12.2. The summed E-state index contributed by atoms with van der Waals surface area (Å²) in [4.78, 5) is 15.3. The molecule has 4 aromatic rings. The van der Waals surface area contributed by atoms with Gasteiger partial charge in [0.1, 0.15) is 12.4 Å². The van der Waals surface area contributed by atoms with Crippen molar-refractivity contribution in [2.45, 2.75) is 25.0 Å². The van der Waals surface area contributed by atoms with Gasteiger partial charge in [-0.1, -0.05) is 71.7 Å². The standard InChI is InChI=1S/C33H29Cl2N3O3/c34-28-17-29(35)19-30(18-28)37-32(40)22-41-33(12-14-38(15-13-33)21-23-4-10-31(39)11-5-23)27-8-6-25(7-9-27)26-3-1-2-24(16-26)20-36/h1-11,16-19,39H,12-15,21-22H2,(H,37,40). The third-order valence-electron chi connectivity index (χ3n) is 7.37. The van der Waals surface area contributed by atoms with Crippen LogP contribution in [0.15, 0.2) is 91.0 Å². The van der Waals surface area contributed by atoms with E-state index in [0.29, 0.717) is 34.1 Å². The zero-order chi connectivity index (χ0) is 28.8. The predicted molar refractivity (Wildman–Crippen MR) is 162 cm³/mol. The molecule has 5 rings (SSSR count). The van der Waals surface area contributed by atoms with Gasteiger partial charge >= 0.3 is 0 Å². The Hall–Kier alpha value is -3.86. The number of hydrogen-bond donors (Lipinski definition) is 2. The van der Waals surface area contributed by atoms with E-state index in [2.05, 4.69) is 28.4 Å². The highest BCUT2D eigenvalue weighted by molar-refractivity contribution is 6.35. The number of amides is 1. The third kappa shape index (κ3) is 7.27. The lowest BCUT2D eigenvalue weighted by Crippen LogP contribution is -2.45. The number of ether oxygens (including phenoxy) is 1. The molecule has 1 amide bonds. The molecule has 1 saturated heterocycles. The van der Waals surface area contributed by atoms with Gasteiger partial charge in [0.15, 0.2) is 0 Å². The van der Waals surface area contributed by atoms with E-state index in [1.165, 1.54) is 0 Å². The molecule has 2 N–H and O–H groups in total. The maximum atomic E-state index is 12.9. The van der Waals surface area contributed by atoms with Crippen LogP contribution in [-0.4, -0.2) is 35.6 Å². The smallest absolute Gasteiger partial charge is 0.250 e. The van der Waals surface area contributed by atoms with Crippen molar-refractivity contribution in [3.63, 3.8) is 0 Å². The third-order valence-corrected chi connectivity index (χ3v) is 7.80. The second kappa shape index (κ2) is 12.8. The molecule has 1 aliphatic rings. The van der Waals surface area contributed by atoms with Gasteiger partial charge in [-0.25, -0.2) is 0 Å². The van der Waals surface area contributed by atoms with Crippen LogP contribution in [0.3, 0.4) is 0 Å². The fraction of sp³-hybridized carbons (Fsp3) is 0.212. The van der Waals surface area contributed by atoms with E-state index in [-0.39, 0.29) is 18.3 Å². The summed E-state index contributed by atoms with van der Waals surface area (Å²) in [7, 11) is 0. The highest BCUT2D eigenvalue weighted by atomic mass is 35.5. The number of aromatic hydroxyl groups is 1. The number of carbonyl (C=O) groups is 1. The molecule has 1 fully saturated rings. The van der Waals surface area contributed by atoms with Crippen LogP contribution in [-0.2, 0) is 21.7 Å². The Balaban J connectivity index is 1.33. The Morgan fingerprint density at radius 2 is 1.61 bits per heavy atom. The summed E-state index contributed by atoms with van der Waals surface area (Å²) < 4.78 is 6.47. The average molecular weight is 587 g/mol. The van der Waals surface area contributed by atoms with Crippen molar-refractivity contribution in [3.8, 4) is 22.9 Å². The quantitative estimate of drug-likeness (QED) is 0.225. The van der Waals surface area contributed by atoms with Crippen molar-refractivity contribution in [3.05, 3.63) is 118 Å². The van der Waals surface area contributed by atoms with Crippen LogP contribution in [0.4, 0.5) is 5.69 Å². The van der Waals surface area contributed by atoms with Gasteiger partial charge in [-0.05, 0) is 77.6 Å². The van der Waals surface area contributed by atoms with Crippen LogP contribution in [0.25, 0.3) is 11.1 Å². The van der Waals surface area contributed by atoms with Crippen LogP contribution < -0.4 is 5.32 Å². The SMILES string of the molecule is N#Cc1cccc(-c2ccc(C3(OCC(=O)Nc4cc(Cl)cc(Cl)c4)CCN(Cc4ccc(O)cc4)CC3)cc2)c1. The number of anilines is 1. The van der Waals surface area contributed by atoms with Crippen molar-refractivity contribution in [2.24, 2.45) is 0 Å². The van der Waals surface area contributed by atoms with Crippen molar-refractivity contribution in [1.29, 1.82) is 5.26 Å². The first-order chi connectivity index (χ1) is 19.8. The molecule has 0 unspecified atom stereocenters. The topological polar surface area (TPSA) is 85.6 Å². The van der Waals surface area contributed by atoms with Crippen LogP contribution >= 0.6 is 23.2 Å². The number of likely N-dealkylation sites (tertiary alicyclic amines) is 1. The number of halogens is 2. The Morgan fingerprint density at radius 1 is 0.927 bits per heavy atom. The van der Waals surface area contributed by atoms with Crippen molar-refractivity contribution < 1.29 is 14.6 Å². The molecule has 0 aliphatic carbocycles. The van der Waals surface area contributed by atoms with Gasteiger partial charge in [0.05, 0.1) is 17.2 Å². The van der Waals surface area contributed by atoms with Gasteiger partial charge in [-0.3, -0.25) is 9.69 Å². The Bertz CT molecular complexity index is 1540. The normalized spacial score (nSPS) is 14.8. The monoisotopic (exact) mass is 585 g/mol. The van der Waals surface area contributed by atoms with E-state index in [0.717, 1.165) is 41.9 Å². The first-order valence-electron chi connectivity index (χ1n) is 13.3. The van der Waals surface area contributed by atoms with Gasteiger partial charge in [-0.2, -0.15) is 5.26 Å². The summed E-state index contributed by atoms with van der Waals surface area (Å²) in [5, 5.41) is 22.6. The minimum absolute atomic E-state index is 0.131. The predicted octanol–water partition coefficient (Wildman–Crippen LogP) is 7.38. The lowest BCUT2D eigenvalue weighted by molar-refractivity contribution is -0.135. The highest BCUT2D eigenvalue weighted by Gasteiger charge is 2.38. The van der Waals surface area contributed by atoms with E-state index >= 15 is 0 Å². The summed E-state index contributed by atoms with van der Waals surface area (Å²) in [6, 6.07) is 30.0. The highest BCUT2D eigenvalue weighted by Crippen LogP contribution is 2.38. The fourth-order valence-corrected chi connectivity index (χ4v) is 5.74. The molecular weight excluding hydrogens is 557 g/mol. The molecule has 6 nitrogen and oxygen atoms in total. The molecule has 41 heavy (non-hydrogen) atoms. The van der Waals surface area contributed by atoms with Crippen LogP contribution in [0.5, 0.6) is 5.75 Å². The second-order valence-corrected chi connectivity index (χ2v) is 11.1. The van der Waals surface area contributed by atoms with E-state index in [1.807, 2.05) is 42.5 Å². The molecule has 0 bridgehead atoms. The van der Waals surface area contributed by atoms with Crippen molar-refractivity contribution >= 4 is 34.8 Å². The molecule has 0 radical (unpaired) electrons. The minimum atomic E-state index is -0.651. The summed E-state index contributed by atoms with van der Waals surface area (Å²) in [6.45, 7) is 2.19. The molecule has 0 aromatic heterocycles. The van der Waals surface area contributed by atoms with E-state index < -0.39 is 5.60 Å². The minimum Gasteiger partial charge on any atom is -0.508 e. The van der Waals surface area contributed by atoms with Crippen LogP contribution in [0.1, 0.15) is 29.5 Å². The Morgan fingerprint density at radius 3 is 2.27 bits per heavy atom. The first kappa shape index (κ1) is 28.7. The lowest BCUT2D eigenvalue weighted by atomic mass is 9.83. The van der Waals surface area contributed by atoms with E-state index in [1.54, 1.807) is 36.4 Å². The Kier molecular flexibility index (Phi) is 8.92. The lowest BCUT2D eigenvalue weighted by Gasteiger charge is -2.42. The number of rotatable bonds is 8. The second-order valence-electron chi connectivity index (χ2n) is 10.2. The first-order valence-corrected chi connectivity index (χ1v) is 14.1. The van der Waals surface area contributed by atoms with Gasteiger partial charge < -0.3 is 15.2 Å². The molecule has 0 saturated carbocycles. The number of phenolic OH excluding ortho intramolecular Hbond substituents is 1.